The predicted molar refractivity (Wildman–Crippen MR) is 72.5 cm³/mol. The molecule has 6 heteroatoms. The van der Waals surface area contributed by atoms with E-state index >= 15 is 0 Å². The number of hydrogen-bond donors (Lipinski definition) is 2. The van der Waals surface area contributed by atoms with Crippen molar-refractivity contribution in [1.29, 1.82) is 0 Å². The quantitative estimate of drug-likeness (QED) is 0.530. The summed E-state index contributed by atoms with van der Waals surface area (Å²) in [5.74, 6) is 0.190. The van der Waals surface area contributed by atoms with Gasteiger partial charge in [-0.25, -0.2) is 13.1 Å². The predicted octanol–water partition coefficient (Wildman–Crippen LogP) is 0.377. The van der Waals surface area contributed by atoms with E-state index in [0.717, 1.165) is 32.5 Å². The molecule has 0 aliphatic carbocycles. The summed E-state index contributed by atoms with van der Waals surface area (Å²) in [4.78, 5) is 2.28. The minimum Gasteiger partial charge on any atom is -0.330 e. The highest BCUT2D eigenvalue weighted by Crippen LogP contribution is 1.94. The molecular formula is C11H27N3O2S. The fourth-order valence-corrected chi connectivity index (χ4v) is 2.76. The summed E-state index contributed by atoms with van der Waals surface area (Å²) >= 11 is 0. The number of unbranched alkanes of at least 4 members (excludes halogenated alkanes) is 1. The van der Waals surface area contributed by atoms with E-state index in [1.807, 2.05) is 0 Å². The molecule has 0 radical (unpaired) electrons. The van der Waals surface area contributed by atoms with Gasteiger partial charge in [-0.15, -0.1) is 0 Å². The molecule has 104 valence electrons. The highest BCUT2D eigenvalue weighted by molar-refractivity contribution is 7.89. The van der Waals surface area contributed by atoms with Crippen molar-refractivity contribution in [3.8, 4) is 0 Å². The normalized spacial score (nSPS) is 12.2. The Morgan fingerprint density at radius 1 is 1.12 bits per heavy atom. The van der Waals surface area contributed by atoms with Gasteiger partial charge in [-0.3, -0.25) is 0 Å². The van der Waals surface area contributed by atoms with Crippen molar-refractivity contribution in [3.63, 3.8) is 0 Å². The lowest BCUT2D eigenvalue weighted by atomic mass is 10.3. The maximum atomic E-state index is 11.5. The van der Waals surface area contributed by atoms with E-state index in [4.69, 9.17) is 5.73 Å². The number of rotatable bonds is 11. The van der Waals surface area contributed by atoms with Crippen molar-refractivity contribution in [3.05, 3.63) is 0 Å². The van der Waals surface area contributed by atoms with Crippen LogP contribution in [0.25, 0.3) is 0 Å². The molecule has 17 heavy (non-hydrogen) atoms. The summed E-state index contributed by atoms with van der Waals surface area (Å²) < 4.78 is 25.7. The second-order valence-corrected chi connectivity index (χ2v) is 6.02. The van der Waals surface area contributed by atoms with Gasteiger partial charge in [0.1, 0.15) is 0 Å². The molecule has 0 atom stereocenters. The SMILES string of the molecule is CCN(CC)CCCNS(=O)(=O)CCCCN. The minimum absolute atomic E-state index is 0.190. The van der Waals surface area contributed by atoms with E-state index in [0.29, 0.717) is 19.5 Å². The van der Waals surface area contributed by atoms with Crippen LogP contribution in [-0.2, 0) is 10.0 Å². The molecule has 0 saturated carbocycles. The summed E-state index contributed by atoms with van der Waals surface area (Å²) in [6, 6.07) is 0. The Labute approximate surface area is 106 Å². The molecular weight excluding hydrogens is 238 g/mol. The molecule has 0 bridgehead atoms. The van der Waals surface area contributed by atoms with E-state index in [9.17, 15) is 8.42 Å². The van der Waals surface area contributed by atoms with Crippen LogP contribution < -0.4 is 10.5 Å². The third-order valence-corrected chi connectivity index (χ3v) is 4.20. The van der Waals surface area contributed by atoms with Gasteiger partial charge in [-0.05, 0) is 45.4 Å². The van der Waals surface area contributed by atoms with E-state index < -0.39 is 10.0 Å². The fraction of sp³-hybridized carbons (Fsp3) is 1.00. The van der Waals surface area contributed by atoms with Crippen LogP contribution in [0.5, 0.6) is 0 Å². The first-order valence-corrected chi connectivity index (χ1v) is 8.10. The maximum Gasteiger partial charge on any atom is 0.211 e. The van der Waals surface area contributed by atoms with E-state index in [1.165, 1.54) is 0 Å². The highest BCUT2D eigenvalue weighted by Gasteiger charge is 2.08. The monoisotopic (exact) mass is 265 g/mol. The molecule has 0 unspecified atom stereocenters. The van der Waals surface area contributed by atoms with Crippen molar-refractivity contribution in [1.82, 2.24) is 9.62 Å². The number of hydrogen-bond acceptors (Lipinski definition) is 4. The van der Waals surface area contributed by atoms with Crippen LogP contribution in [0.15, 0.2) is 0 Å². The summed E-state index contributed by atoms with van der Waals surface area (Å²) in [6.07, 6.45) is 2.26. The molecule has 0 fully saturated rings. The Kier molecular flexibility index (Phi) is 9.72. The molecule has 0 aromatic heterocycles. The van der Waals surface area contributed by atoms with Gasteiger partial charge in [0.2, 0.25) is 10.0 Å². The van der Waals surface area contributed by atoms with Gasteiger partial charge in [-0.2, -0.15) is 0 Å². The summed E-state index contributed by atoms with van der Waals surface area (Å²) in [7, 11) is -3.09. The van der Waals surface area contributed by atoms with Gasteiger partial charge < -0.3 is 10.6 Å². The van der Waals surface area contributed by atoms with Crippen LogP contribution in [-0.4, -0.2) is 51.8 Å². The van der Waals surface area contributed by atoms with Crippen molar-refractivity contribution in [2.24, 2.45) is 5.73 Å². The maximum absolute atomic E-state index is 11.5. The van der Waals surface area contributed by atoms with Crippen molar-refractivity contribution < 1.29 is 8.42 Å². The molecule has 0 aliphatic heterocycles. The molecule has 0 saturated heterocycles. The zero-order valence-corrected chi connectivity index (χ0v) is 11.9. The molecule has 0 spiro atoms. The third kappa shape index (κ3) is 9.52. The Morgan fingerprint density at radius 2 is 1.76 bits per heavy atom. The summed E-state index contributed by atoms with van der Waals surface area (Å²) in [5.41, 5.74) is 5.32. The lowest BCUT2D eigenvalue weighted by Crippen LogP contribution is -2.31. The second kappa shape index (κ2) is 9.82. The summed E-state index contributed by atoms with van der Waals surface area (Å²) in [6.45, 7) is 8.28. The molecule has 0 aliphatic rings. The number of nitrogens with zero attached hydrogens (tertiary/aromatic N) is 1. The Bertz CT molecular complexity index is 264. The first kappa shape index (κ1) is 16.8. The smallest absolute Gasteiger partial charge is 0.211 e. The zero-order chi connectivity index (χ0) is 13.1. The molecule has 3 N–H and O–H groups in total. The van der Waals surface area contributed by atoms with Crippen molar-refractivity contribution in [2.45, 2.75) is 33.1 Å². The molecule has 0 aromatic rings. The Balaban J connectivity index is 3.65. The van der Waals surface area contributed by atoms with Gasteiger partial charge in [0, 0.05) is 6.54 Å². The summed E-state index contributed by atoms with van der Waals surface area (Å²) in [5, 5.41) is 0. The van der Waals surface area contributed by atoms with Gasteiger partial charge in [-0.1, -0.05) is 13.8 Å². The lowest BCUT2D eigenvalue weighted by Gasteiger charge is -2.17. The largest absolute Gasteiger partial charge is 0.330 e. The van der Waals surface area contributed by atoms with Crippen molar-refractivity contribution >= 4 is 10.0 Å². The van der Waals surface area contributed by atoms with Gasteiger partial charge in [0.05, 0.1) is 5.75 Å². The van der Waals surface area contributed by atoms with Crippen LogP contribution in [0.3, 0.4) is 0 Å². The molecule has 5 nitrogen and oxygen atoms in total. The van der Waals surface area contributed by atoms with E-state index in [2.05, 4.69) is 23.5 Å². The van der Waals surface area contributed by atoms with Crippen LogP contribution in [0.4, 0.5) is 0 Å². The Morgan fingerprint density at radius 3 is 2.29 bits per heavy atom. The zero-order valence-electron chi connectivity index (χ0n) is 11.1. The number of nitrogens with two attached hydrogens (primary N) is 1. The highest BCUT2D eigenvalue weighted by atomic mass is 32.2. The van der Waals surface area contributed by atoms with Crippen LogP contribution in [0, 0.1) is 0 Å². The van der Waals surface area contributed by atoms with E-state index in [1.54, 1.807) is 0 Å². The number of sulfonamides is 1. The van der Waals surface area contributed by atoms with Crippen LogP contribution in [0.2, 0.25) is 0 Å². The second-order valence-electron chi connectivity index (χ2n) is 4.09. The first-order valence-electron chi connectivity index (χ1n) is 6.45. The third-order valence-electron chi connectivity index (χ3n) is 2.73. The van der Waals surface area contributed by atoms with E-state index in [-0.39, 0.29) is 5.75 Å². The molecule has 0 heterocycles. The Hall–Kier alpha value is -0.170. The lowest BCUT2D eigenvalue weighted by molar-refractivity contribution is 0.300. The molecule has 0 rings (SSSR count). The van der Waals surface area contributed by atoms with Gasteiger partial charge in [0.15, 0.2) is 0 Å². The fourth-order valence-electron chi connectivity index (χ4n) is 1.58. The average Bonchev–Trinajstić information content (AvgIpc) is 2.29. The van der Waals surface area contributed by atoms with Crippen molar-refractivity contribution in [2.75, 3.05) is 38.5 Å². The van der Waals surface area contributed by atoms with Gasteiger partial charge >= 0.3 is 0 Å². The van der Waals surface area contributed by atoms with Crippen LogP contribution in [0.1, 0.15) is 33.1 Å². The van der Waals surface area contributed by atoms with Crippen LogP contribution >= 0.6 is 0 Å². The topological polar surface area (TPSA) is 75.4 Å². The first-order chi connectivity index (χ1) is 8.05. The molecule has 0 aromatic carbocycles. The number of nitrogens with one attached hydrogen (secondary N) is 1. The van der Waals surface area contributed by atoms with Gasteiger partial charge in [0.25, 0.3) is 0 Å². The average molecular weight is 265 g/mol. The molecule has 0 amide bonds. The standard InChI is InChI=1S/C11H27N3O2S/c1-3-14(4-2)10-7-9-13-17(15,16)11-6-5-8-12/h13H,3-12H2,1-2H3. The minimum atomic E-state index is -3.09.